The van der Waals surface area contributed by atoms with Crippen molar-refractivity contribution in [3.05, 3.63) is 58.7 Å². The van der Waals surface area contributed by atoms with E-state index in [-0.39, 0.29) is 5.41 Å². The molecule has 0 radical (unpaired) electrons. The van der Waals surface area contributed by atoms with Gasteiger partial charge in [0.15, 0.2) is 0 Å². The van der Waals surface area contributed by atoms with Crippen molar-refractivity contribution in [2.75, 3.05) is 14.2 Å². The van der Waals surface area contributed by atoms with Gasteiger partial charge in [-0.2, -0.15) is 0 Å². The van der Waals surface area contributed by atoms with Crippen molar-refractivity contribution >= 4 is 0 Å². The van der Waals surface area contributed by atoms with Crippen LogP contribution >= 0.6 is 0 Å². The zero-order valence-corrected chi connectivity index (χ0v) is 15.2. The molecule has 0 fully saturated rings. The van der Waals surface area contributed by atoms with Crippen molar-refractivity contribution in [3.63, 3.8) is 0 Å². The first kappa shape index (κ1) is 17.4. The Morgan fingerprint density at radius 3 is 1.57 bits per heavy atom. The Morgan fingerprint density at radius 2 is 1.26 bits per heavy atom. The van der Waals surface area contributed by atoms with Gasteiger partial charge in [0, 0.05) is 5.41 Å². The van der Waals surface area contributed by atoms with Crippen LogP contribution in [0.5, 0.6) is 11.5 Å². The lowest BCUT2D eigenvalue weighted by Gasteiger charge is -2.32. The van der Waals surface area contributed by atoms with Gasteiger partial charge in [0.25, 0.3) is 0 Å². The molecule has 0 amide bonds. The van der Waals surface area contributed by atoms with Crippen LogP contribution in [0.25, 0.3) is 0 Å². The Balaban J connectivity index is 2.54. The van der Waals surface area contributed by atoms with Crippen LogP contribution in [0.3, 0.4) is 0 Å². The second-order valence-electron chi connectivity index (χ2n) is 6.45. The summed E-state index contributed by atoms with van der Waals surface area (Å²) in [6.45, 7) is 8.78. The van der Waals surface area contributed by atoms with Gasteiger partial charge in [0.1, 0.15) is 11.5 Å². The predicted octanol–water partition coefficient (Wildman–Crippen LogP) is 5.43. The molecule has 0 atom stereocenters. The van der Waals surface area contributed by atoms with Gasteiger partial charge in [0.05, 0.1) is 14.2 Å². The van der Waals surface area contributed by atoms with E-state index in [4.69, 9.17) is 9.47 Å². The lowest BCUT2D eigenvalue weighted by molar-refractivity contribution is 0.409. The number of hydrogen-bond acceptors (Lipinski definition) is 2. The van der Waals surface area contributed by atoms with Gasteiger partial charge in [-0.15, -0.1) is 0 Å². The van der Waals surface area contributed by atoms with Crippen LogP contribution in [0.4, 0.5) is 0 Å². The summed E-state index contributed by atoms with van der Waals surface area (Å²) >= 11 is 0. The molecule has 0 bridgehead atoms. The van der Waals surface area contributed by atoms with Crippen LogP contribution in [-0.4, -0.2) is 14.2 Å². The Morgan fingerprint density at radius 1 is 0.826 bits per heavy atom. The summed E-state index contributed by atoms with van der Waals surface area (Å²) in [5.41, 5.74) is 5.02. The summed E-state index contributed by atoms with van der Waals surface area (Å²) in [6.07, 6.45) is 2.23. The van der Waals surface area contributed by atoms with E-state index in [0.717, 1.165) is 24.3 Å². The Kier molecular flexibility index (Phi) is 5.35. The standard InChI is InChI=1S/C21H28O2/c1-7-12-21(4,17-8-10-19(22-5)15(2)13-17)18-9-11-20(23-6)16(3)14-18/h8-11,13-14H,7,12H2,1-6H3. The summed E-state index contributed by atoms with van der Waals surface area (Å²) in [4.78, 5) is 0. The molecule has 2 nitrogen and oxygen atoms in total. The summed E-state index contributed by atoms with van der Waals surface area (Å²) in [6, 6.07) is 13.1. The molecule has 2 rings (SSSR count). The first-order valence-electron chi connectivity index (χ1n) is 8.26. The molecular formula is C21H28O2. The largest absolute Gasteiger partial charge is 0.496 e. The molecule has 124 valence electrons. The SMILES string of the molecule is CCCC(C)(c1ccc(OC)c(C)c1)c1ccc(OC)c(C)c1. The quantitative estimate of drug-likeness (QED) is 0.708. The topological polar surface area (TPSA) is 18.5 Å². The fourth-order valence-electron chi connectivity index (χ4n) is 3.40. The second kappa shape index (κ2) is 7.08. The highest BCUT2D eigenvalue weighted by molar-refractivity contribution is 5.47. The monoisotopic (exact) mass is 312 g/mol. The Hall–Kier alpha value is -1.96. The van der Waals surface area contributed by atoms with Gasteiger partial charge in [-0.25, -0.2) is 0 Å². The van der Waals surface area contributed by atoms with E-state index in [1.54, 1.807) is 14.2 Å². The van der Waals surface area contributed by atoms with Crippen LogP contribution in [-0.2, 0) is 5.41 Å². The highest BCUT2D eigenvalue weighted by atomic mass is 16.5. The van der Waals surface area contributed by atoms with Crippen molar-refractivity contribution in [2.24, 2.45) is 0 Å². The maximum Gasteiger partial charge on any atom is 0.121 e. The van der Waals surface area contributed by atoms with Gasteiger partial charge >= 0.3 is 0 Å². The van der Waals surface area contributed by atoms with Gasteiger partial charge < -0.3 is 9.47 Å². The lowest BCUT2D eigenvalue weighted by Crippen LogP contribution is -2.24. The zero-order valence-electron chi connectivity index (χ0n) is 15.2. The predicted molar refractivity (Wildman–Crippen MR) is 96.8 cm³/mol. The molecule has 23 heavy (non-hydrogen) atoms. The van der Waals surface area contributed by atoms with Crippen molar-refractivity contribution in [2.45, 2.75) is 46.0 Å². The van der Waals surface area contributed by atoms with Crippen molar-refractivity contribution < 1.29 is 9.47 Å². The highest BCUT2D eigenvalue weighted by Gasteiger charge is 2.29. The van der Waals surface area contributed by atoms with Crippen LogP contribution in [0, 0.1) is 13.8 Å². The molecule has 0 spiro atoms. The van der Waals surface area contributed by atoms with Gasteiger partial charge in [0.2, 0.25) is 0 Å². The summed E-state index contributed by atoms with van der Waals surface area (Å²) in [5, 5.41) is 0. The maximum atomic E-state index is 5.41. The molecular weight excluding hydrogens is 284 g/mol. The Labute approximate surface area is 140 Å². The molecule has 0 unspecified atom stereocenters. The van der Waals surface area contributed by atoms with Crippen LogP contribution in [0.1, 0.15) is 48.9 Å². The fraction of sp³-hybridized carbons (Fsp3) is 0.429. The molecule has 0 saturated heterocycles. The summed E-state index contributed by atoms with van der Waals surface area (Å²) < 4.78 is 10.8. The third-order valence-electron chi connectivity index (χ3n) is 4.81. The average Bonchev–Trinajstić information content (AvgIpc) is 2.54. The average molecular weight is 312 g/mol. The summed E-state index contributed by atoms with van der Waals surface area (Å²) in [5.74, 6) is 1.89. The number of hydrogen-bond donors (Lipinski definition) is 0. The zero-order chi connectivity index (χ0) is 17.0. The van der Waals surface area contributed by atoms with Crippen LogP contribution in [0.15, 0.2) is 36.4 Å². The minimum absolute atomic E-state index is 0.0111. The molecule has 2 aromatic carbocycles. The molecule has 2 heteroatoms. The minimum atomic E-state index is -0.0111. The fourth-order valence-corrected chi connectivity index (χ4v) is 3.40. The smallest absolute Gasteiger partial charge is 0.121 e. The molecule has 2 aromatic rings. The number of rotatable bonds is 6. The molecule has 0 saturated carbocycles. The molecule has 0 aliphatic carbocycles. The molecule has 0 N–H and O–H groups in total. The first-order valence-corrected chi connectivity index (χ1v) is 8.26. The normalized spacial score (nSPS) is 11.4. The van der Waals surface area contributed by atoms with Crippen molar-refractivity contribution in [1.82, 2.24) is 0 Å². The van der Waals surface area contributed by atoms with Crippen molar-refractivity contribution in [3.8, 4) is 11.5 Å². The summed E-state index contributed by atoms with van der Waals surface area (Å²) in [7, 11) is 3.44. The number of aryl methyl sites for hydroxylation is 2. The van der Waals surface area contributed by atoms with Gasteiger partial charge in [-0.1, -0.05) is 44.5 Å². The third kappa shape index (κ3) is 3.36. The second-order valence-corrected chi connectivity index (χ2v) is 6.45. The molecule has 0 heterocycles. The Bertz CT molecular complexity index is 620. The van der Waals surface area contributed by atoms with E-state index in [1.807, 2.05) is 0 Å². The number of benzene rings is 2. The number of ether oxygens (including phenoxy) is 2. The number of methoxy groups -OCH3 is 2. The first-order chi connectivity index (χ1) is 11.0. The van der Waals surface area contributed by atoms with Crippen molar-refractivity contribution in [1.29, 1.82) is 0 Å². The van der Waals surface area contributed by atoms with Gasteiger partial charge in [-0.05, 0) is 54.7 Å². The van der Waals surface area contributed by atoms with E-state index >= 15 is 0 Å². The third-order valence-corrected chi connectivity index (χ3v) is 4.81. The van der Waals surface area contributed by atoms with Crippen LogP contribution < -0.4 is 9.47 Å². The van der Waals surface area contributed by atoms with E-state index in [0.29, 0.717) is 0 Å². The van der Waals surface area contributed by atoms with Gasteiger partial charge in [-0.3, -0.25) is 0 Å². The van der Waals surface area contributed by atoms with E-state index in [9.17, 15) is 0 Å². The lowest BCUT2D eigenvalue weighted by atomic mass is 9.72. The minimum Gasteiger partial charge on any atom is -0.496 e. The highest BCUT2D eigenvalue weighted by Crippen LogP contribution is 2.39. The van der Waals surface area contributed by atoms with E-state index < -0.39 is 0 Å². The molecule has 0 aromatic heterocycles. The molecule has 0 aliphatic rings. The van der Waals surface area contributed by atoms with E-state index in [2.05, 4.69) is 64.1 Å². The maximum absolute atomic E-state index is 5.41. The van der Waals surface area contributed by atoms with Crippen LogP contribution in [0.2, 0.25) is 0 Å². The molecule has 0 aliphatic heterocycles. The van der Waals surface area contributed by atoms with E-state index in [1.165, 1.54) is 22.3 Å².